The third-order valence-electron chi connectivity index (χ3n) is 3.18. The largest absolute Gasteiger partial charge is 0.357 e. The summed E-state index contributed by atoms with van der Waals surface area (Å²) in [6, 6.07) is 1.85. The summed E-state index contributed by atoms with van der Waals surface area (Å²) in [6.07, 6.45) is 7.21. The Kier molecular flexibility index (Phi) is 3.26. The fraction of sp³-hybridized carbons (Fsp3) is 0.500. The molecule has 0 aliphatic carbocycles. The van der Waals surface area contributed by atoms with Crippen molar-refractivity contribution in [1.29, 1.82) is 0 Å². The third kappa shape index (κ3) is 2.49. The third-order valence-corrected chi connectivity index (χ3v) is 3.18. The van der Waals surface area contributed by atoms with Gasteiger partial charge in [0.15, 0.2) is 0 Å². The molecule has 19 heavy (non-hydrogen) atoms. The molecular weight excluding hydrogens is 242 g/mol. The molecule has 0 atom stereocenters. The molecule has 0 aromatic carbocycles. The van der Waals surface area contributed by atoms with Gasteiger partial charge in [0.1, 0.15) is 0 Å². The topological polar surface area (TPSA) is 71.8 Å². The van der Waals surface area contributed by atoms with Crippen molar-refractivity contribution in [1.82, 2.24) is 24.7 Å². The van der Waals surface area contributed by atoms with Crippen LogP contribution in [0.15, 0.2) is 18.5 Å². The van der Waals surface area contributed by atoms with Gasteiger partial charge in [-0.25, -0.2) is 4.68 Å². The van der Waals surface area contributed by atoms with Crippen molar-refractivity contribution in [3.63, 3.8) is 0 Å². The summed E-state index contributed by atoms with van der Waals surface area (Å²) in [5.74, 6) is 1.84. The van der Waals surface area contributed by atoms with Gasteiger partial charge in [-0.1, -0.05) is 0 Å². The second-order valence-corrected chi connectivity index (χ2v) is 4.51. The number of nitrogens with zero attached hydrogens (tertiary/aromatic N) is 6. The Morgan fingerprint density at radius 2 is 1.84 bits per heavy atom. The molecule has 0 unspecified atom stereocenters. The van der Waals surface area contributed by atoms with E-state index < -0.39 is 0 Å². The molecule has 1 N–H and O–H groups in total. The SMILES string of the molecule is CNc1nc(N2CCCCC2)nc(-n2cccn2)n1. The van der Waals surface area contributed by atoms with Crippen LogP contribution in [-0.2, 0) is 0 Å². The first-order chi connectivity index (χ1) is 9.36. The molecule has 0 saturated carbocycles. The van der Waals surface area contributed by atoms with Gasteiger partial charge < -0.3 is 10.2 Å². The monoisotopic (exact) mass is 259 g/mol. The molecule has 3 rings (SSSR count). The van der Waals surface area contributed by atoms with Crippen molar-refractivity contribution in [2.75, 3.05) is 30.4 Å². The highest BCUT2D eigenvalue weighted by molar-refractivity contribution is 5.39. The minimum Gasteiger partial charge on any atom is -0.357 e. The van der Waals surface area contributed by atoms with Crippen LogP contribution in [0.25, 0.3) is 5.95 Å². The molecule has 0 bridgehead atoms. The maximum atomic E-state index is 4.51. The Balaban J connectivity index is 1.97. The molecule has 2 aromatic rings. The summed E-state index contributed by atoms with van der Waals surface area (Å²) in [5.41, 5.74) is 0. The van der Waals surface area contributed by atoms with Crippen LogP contribution in [0.1, 0.15) is 19.3 Å². The van der Waals surface area contributed by atoms with E-state index in [2.05, 4.69) is 30.3 Å². The molecule has 0 radical (unpaired) electrons. The van der Waals surface area contributed by atoms with Crippen molar-refractivity contribution in [3.8, 4) is 5.95 Å². The number of nitrogens with one attached hydrogen (secondary N) is 1. The van der Waals surface area contributed by atoms with Crippen LogP contribution in [0, 0.1) is 0 Å². The highest BCUT2D eigenvalue weighted by atomic mass is 15.4. The van der Waals surface area contributed by atoms with E-state index in [0.717, 1.165) is 19.0 Å². The summed E-state index contributed by atoms with van der Waals surface area (Å²) in [7, 11) is 1.81. The maximum Gasteiger partial charge on any atom is 0.257 e. The van der Waals surface area contributed by atoms with Crippen LogP contribution < -0.4 is 10.2 Å². The molecule has 2 aromatic heterocycles. The Labute approximate surface area is 111 Å². The van der Waals surface area contributed by atoms with Crippen molar-refractivity contribution in [2.45, 2.75) is 19.3 Å². The Bertz CT molecular complexity index is 531. The zero-order chi connectivity index (χ0) is 13.1. The number of piperidine rings is 1. The lowest BCUT2D eigenvalue weighted by Crippen LogP contribution is -2.31. The number of hydrogen-bond acceptors (Lipinski definition) is 6. The minimum absolute atomic E-state index is 0.546. The number of hydrogen-bond donors (Lipinski definition) is 1. The molecule has 1 aliphatic heterocycles. The Morgan fingerprint density at radius 1 is 1.05 bits per heavy atom. The summed E-state index contributed by atoms with van der Waals surface area (Å²) in [4.78, 5) is 15.5. The molecule has 1 aliphatic rings. The summed E-state index contributed by atoms with van der Waals surface area (Å²) >= 11 is 0. The Hall–Kier alpha value is -2.18. The molecular formula is C12H17N7. The van der Waals surface area contributed by atoms with Crippen LogP contribution in [0.2, 0.25) is 0 Å². The lowest BCUT2D eigenvalue weighted by molar-refractivity contribution is 0.566. The van der Waals surface area contributed by atoms with Gasteiger partial charge in [-0.3, -0.25) is 0 Å². The molecule has 1 fully saturated rings. The van der Waals surface area contributed by atoms with Gasteiger partial charge in [0, 0.05) is 32.5 Å². The van der Waals surface area contributed by atoms with Crippen LogP contribution in [0.4, 0.5) is 11.9 Å². The van der Waals surface area contributed by atoms with Crippen LogP contribution in [-0.4, -0.2) is 44.9 Å². The number of rotatable bonds is 3. The van der Waals surface area contributed by atoms with E-state index in [1.807, 2.05) is 19.3 Å². The first kappa shape index (κ1) is 11.9. The van der Waals surface area contributed by atoms with E-state index in [0.29, 0.717) is 11.9 Å². The summed E-state index contributed by atoms with van der Waals surface area (Å²) in [6.45, 7) is 2.01. The van der Waals surface area contributed by atoms with E-state index in [1.54, 1.807) is 10.9 Å². The number of anilines is 2. The first-order valence-corrected chi connectivity index (χ1v) is 6.55. The van der Waals surface area contributed by atoms with Crippen LogP contribution in [0.5, 0.6) is 0 Å². The number of aromatic nitrogens is 5. The van der Waals surface area contributed by atoms with Gasteiger partial charge in [-0.2, -0.15) is 20.1 Å². The Morgan fingerprint density at radius 3 is 2.53 bits per heavy atom. The lowest BCUT2D eigenvalue weighted by Gasteiger charge is -2.26. The van der Waals surface area contributed by atoms with Gasteiger partial charge in [0.2, 0.25) is 11.9 Å². The van der Waals surface area contributed by atoms with Crippen molar-refractivity contribution in [2.24, 2.45) is 0 Å². The van der Waals surface area contributed by atoms with E-state index in [9.17, 15) is 0 Å². The smallest absolute Gasteiger partial charge is 0.257 e. The molecule has 7 heteroatoms. The zero-order valence-electron chi connectivity index (χ0n) is 11.0. The van der Waals surface area contributed by atoms with Gasteiger partial charge in [-0.15, -0.1) is 0 Å². The van der Waals surface area contributed by atoms with Crippen molar-refractivity contribution >= 4 is 11.9 Å². The second-order valence-electron chi connectivity index (χ2n) is 4.51. The predicted octanol–water partition coefficient (Wildman–Crippen LogP) is 1.09. The van der Waals surface area contributed by atoms with Gasteiger partial charge in [-0.05, 0) is 25.3 Å². The van der Waals surface area contributed by atoms with Crippen molar-refractivity contribution < 1.29 is 0 Å². The highest BCUT2D eigenvalue weighted by Crippen LogP contribution is 2.17. The quantitative estimate of drug-likeness (QED) is 0.889. The summed E-state index contributed by atoms with van der Waals surface area (Å²) < 4.78 is 1.65. The van der Waals surface area contributed by atoms with E-state index in [-0.39, 0.29) is 0 Å². The fourth-order valence-electron chi connectivity index (χ4n) is 2.19. The van der Waals surface area contributed by atoms with Crippen LogP contribution in [0.3, 0.4) is 0 Å². The van der Waals surface area contributed by atoms with E-state index >= 15 is 0 Å². The second kappa shape index (κ2) is 5.21. The normalized spacial score (nSPS) is 15.5. The van der Waals surface area contributed by atoms with E-state index in [4.69, 9.17) is 0 Å². The zero-order valence-corrected chi connectivity index (χ0v) is 11.0. The molecule has 1 saturated heterocycles. The maximum absolute atomic E-state index is 4.51. The average Bonchev–Trinajstić information content (AvgIpc) is 3.02. The lowest BCUT2D eigenvalue weighted by atomic mass is 10.1. The standard InChI is InChI=1S/C12H17N7/c1-13-10-15-11(18-7-3-2-4-8-18)17-12(16-10)19-9-5-6-14-19/h5-6,9H,2-4,7-8H2,1H3,(H,13,15,16,17). The molecule has 3 heterocycles. The van der Waals surface area contributed by atoms with E-state index in [1.165, 1.54) is 19.3 Å². The molecule has 0 amide bonds. The van der Waals surface area contributed by atoms with Gasteiger partial charge in [0.05, 0.1) is 0 Å². The van der Waals surface area contributed by atoms with Gasteiger partial charge in [0.25, 0.3) is 5.95 Å². The van der Waals surface area contributed by atoms with Crippen LogP contribution >= 0.6 is 0 Å². The molecule has 7 nitrogen and oxygen atoms in total. The van der Waals surface area contributed by atoms with Crippen molar-refractivity contribution in [3.05, 3.63) is 18.5 Å². The predicted molar refractivity (Wildman–Crippen MR) is 72.6 cm³/mol. The first-order valence-electron chi connectivity index (χ1n) is 6.55. The average molecular weight is 259 g/mol. The van der Waals surface area contributed by atoms with Gasteiger partial charge >= 0.3 is 0 Å². The minimum atomic E-state index is 0.546. The summed E-state index contributed by atoms with van der Waals surface area (Å²) in [5, 5.41) is 7.14. The molecule has 0 spiro atoms. The fourth-order valence-corrected chi connectivity index (χ4v) is 2.19. The molecule has 100 valence electrons. The highest BCUT2D eigenvalue weighted by Gasteiger charge is 2.16.